The van der Waals surface area contributed by atoms with Gasteiger partial charge >= 0.3 is 23.9 Å². The van der Waals surface area contributed by atoms with E-state index in [2.05, 4.69) is 0 Å². The van der Waals surface area contributed by atoms with E-state index in [1.807, 2.05) is 6.92 Å². The van der Waals surface area contributed by atoms with Crippen LogP contribution in [0.1, 0.15) is 120 Å². The van der Waals surface area contributed by atoms with Gasteiger partial charge < -0.3 is 29.2 Å². The molecule has 2 aliphatic rings. The van der Waals surface area contributed by atoms with Crippen molar-refractivity contribution in [3.63, 3.8) is 0 Å². The van der Waals surface area contributed by atoms with Gasteiger partial charge in [0.15, 0.2) is 0 Å². The maximum absolute atomic E-state index is 14.2. The minimum Gasteiger partial charge on any atom is -0.481 e. The summed E-state index contributed by atoms with van der Waals surface area (Å²) in [6, 6.07) is 0. The molecule has 0 aliphatic heterocycles. The standard InChI is InChI=1S/C30H50O10/c1-9-28(23(35)39-25(4,5)37-10-2)15-13-17-30(19-28,24(36)40-26(6,7)38-11-3)20-29(22(33)34)16-12-14-27(8,18-29)21(31)32/h9-20H2,1-8H3,(H,31,32)(H,33,34). The fourth-order valence-electron chi connectivity index (χ4n) is 7.00. The molecule has 2 saturated carbocycles. The molecule has 40 heavy (non-hydrogen) atoms. The van der Waals surface area contributed by atoms with Gasteiger partial charge in [0.05, 0.1) is 21.7 Å². The molecule has 0 amide bonds. The lowest BCUT2D eigenvalue weighted by Gasteiger charge is -2.51. The maximum Gasteiger partial charge on any atom is 0.314 e. The average molecular weight is 571 g/mol. The largest absolute Gasteiger partial charge is 0.481 e. The molecule has 2 N–H and O–H groups in total. The molecule has 0 aromatic rings. The molecular formula is C30H50O10. The summed E-state index contributed by atoms with van der Waals surface area (Å²) in [4.78, 5) is 53.1. The second kappa shape index (κ2) is 12.3. The van der Waals surface area contributed by atoms with Gasteiger partial charge in [-0.2, -0.15) is 0 Å². The van der Waals surface area contributed by atoms with Crippen molar-refractivity contribution in [2.75, 3.05) is 13.2 Å². The molecule has 0 saturated heterocycles. The second-order valence-corrected chi connectivity index (χ2v) is 13.0. The monoisotopic (exact) mass is 570 g/mol. The summed E-state index contributed by atoms with van der Waals surface area (Å²) in [5.41, 5.74) is -5.17. The molecule has 4 unspecified atom stereocenters. The fourth-order valence-corrected chi connectivity index (χ4v) is 7.00. The van der Waals surface area contributed by atoms with Crippen molar-refractivity contribution >= 4 is 23.9 Å². The summed E-state index contributed by atoms with van der Waals surface area (Å²) < 4.78 is 23.0. The van der Waals surface area contributed by atoms with Crippen molar-refractivity contribution < 1.29 is 48.3 Å². The number of rotatable bonds is 13. The maximum atomic E-state index is 14.2. The summed E-state index contributed by atoms with van der Waals surface area (Å²) in [6.07, 6.45) is 2.35. The van der Waals surface area contributed by atoms with Gasteiger partial charge in [-0.3, -0.25) is 19.2 Å². The molecule has 0 aromatic carbocycles. The van der Waals surface area contributed by atoms with E-state index in [4.69, 9.17) is 18.9 Å². The first-order valence-corrected chi connectivity index (χ1v) is 14.6. The number of hydrogen-bond donors (Lipinski definition) is 2. The van der Waals surface area contributed by atoms with Crippen LogP contribution >= 0.6 is 0 Å². The number of aliphatic carboxylic acids is 2. The number of carboxylic acid groups (broad SMARTS) is 2. The lowest BCUT2D eigenvalue weighted by Crippen LogP contribution is -2.54. The Morgan fingerprint density at radius 1 is 0.675 bits per heavy atom. The molecule has 230 valence electrons. The number of ether oxygens (including phenoxy) is 4. The molecule has 10 heteroatoms. The molecule has 10 nitrogen and oxygen atoms in total. The highest BCUT2D eigenvalue weighted by atomic mass is 16.7. The predicted molar refractivity (Wildman–Crippen MR) is 146 cm³/mol. The van der Waals surface area contributed by atoms with Crippen LogP contribution in [0.4, 0.5) is 0 Å². The summed E-state index contributed by atoms with van der Waals surface area (Å²) in [7, 11) is 0. The molecule has 2 fully saturated rings. The van der Waals surface area contributed by atoms with Gasteiger partial charge in [-0.25, -0.2) is 0 Å². The SMILES string of the molecule is CCOC(C)(C)OC(=O)C1(CC)CCCC(CC2(C(=O)O)CCCC(C)(C(=O)O)C2)(C(=O)OC(C)(C)OCC)C1. The molecule has 0 heterocycles. The second-order valence-electron chi connectivity index (χ2n) is 13.0. The number of carbonyl (C=O) groups excluding carboxylic acids is 2. The zero-order valence-electron chi connectivity index (χ0n) is 25.6. The van der Waals surface area contributed by atoms with Gasteiger partial charge in [-0.15, -0.1) is 0 Å². The van der Waals surface area contributed by atoms with Gasteiger partial charge in [0.2, 0.25) is 11.6 Å². The molecular weight excluding hydrogens is 520 g/mol. The molecule has 0 spiro atoms. The third kappa shape index (κ3) is 7.35. The van der Waals surface area contributed by atoms with Crippen molar-refractivity contribution in [1.82, 2.24) is 0 Å². The first kappa shape index (κ1) is 34.0. The quantitative estimate of drug-likeness (QED) is 0.209. The Balaban J connectivity index is 2.62. The number of carbonyl (C=O) groups is 4. The molecule has 4 atom stereocenters. The van der Waals surface area contributed by atoms with Gasteiger partial charge in [-0.1, -0.05) is 19.8 Å². The molecule has 2 aliphatic carbocycles. The zero-order chi connectivity index (χ0) is 30.6. The van der Waals surface area contributed by atoms with E-state index in [9.17, 15) is 29.4 Å². The van der Waals surface area contributed by atoms with E-state index in [1.165, 1.54) is 0 Å². The topological polar surface area (TPSA) is 146 Å². The Morgan fingerprint density at radius 3 is 1.57 bits per heavy atom. The van der Waals surface area contributed by atoms with Crippen LogP contribution in [0.25, 0.3) is 0 Å². The molecule has 0 bridgehead atoms. The van der Waals surface area contributed by atoms with Crippen LogP contribution in [-0.2, 0) is 38.1 Å². The Morgan fingerprint density at radius 2 is 1.12 bits per heavy atom. The van der Waals surface area contributed by atoms with E-state index >= 15 is 0 Å². The summed E-state index contributed by atoms with van der Waals surface area (Å²) in [5.74, 6) is -5.79. The van der Waals surface area contributed by atoms with Crippen molar-refractivity contribution in [1.29, 1.82) is 0 Å². The third-order valence-corrected chi connectivity index (χ3v) is 8.95. The number of esters is 2. The molecule has 2 rings (SSSR count). The third-order valence-electron chi connectivity index (χ3n) is 8.95. The predicted octanol–water partition coefficient (Wildman–Crippen LogP) is 5.70. The van der Waals surface area contributed by atoms with E-state index in [-0.39, 0.29) is 25.7 Å². The Kier molecular flexibility index (Phi) is 10.5. The summed E-state index contributed by atoms with van der Waals surface area (Å²) in [5, 5.41) is 20.6. The number of hydrogen-bond acceptors (Lipinski definition) is 8. The van der Waals surface area contributed by atoms with Crippen LogP contribution < -0.4 is 0 Å². The van der Waals surface area contributed by atoms with E-state index in [0.29, 0.717) is 51.7 Å². The van der Waals surface area contributed by atoms with Gasteiger partial charge in [-0.05, 0) is 72.1 Å². The van der Waals surface area contributed by atoms with Gasteiger partial charge in [0, 0.05) is 40.9 Å². The van der Waals surface area contributed by atoms with Crippen LogP contribution in [0.15, 0.2) is 0 Å². The lowest BCUT2D eigenvalue weighted by atomic mass is 9.52. The molecule has 0 aromatic heterocycles. The Hall–Kier alpha value is -2.20. The highest BCUT2D eigenvalue weighted by molar-refractivity contribution is 5.84. The Bertz CT molecular complexity index is 958. The summed E-state index contributed by atoms with van der Waals surface area (Å²) >= 11 is 0. The van der Waals surface area contributed by atoms with Crippen LogP contribution in [-0.4, -0.2) is 58.9 Å². The summed E-state index contributed by atoms with van der Waals surface area (Å²) in [6.45, 7) is 14.2. The van der Waals surface area contributed by atoms with Crippen molar-refractivity contribution in [3.8, 4) is 0 Å². The highest BCUT2D eigenvalue weighted by Crippen LogP contribution is 2.59. The van der Waals surface area contributed by atoms with Crippen LogP contribution in [0, 0.1) is 21.7 Å². The smallest absolute Gasteiger partial charge is 0.314 e. The lowest BCUT2D eigenvalue weighted by molar-refractivity contribution is -0.235. The number of carboxylic acids is 2. The first-order chi connectivity index (χ1) is 18.4. The zero-order valence-corrected chi connectivity index (χ0v) is 25.6. The fraction of sp³-hybridized carbons (Fsp3) is 0.867. The molecule has 0 radical (unpaired) electrons. The van der Waals surface area contributed by atoms with Gasteiger partial charge in [0.1, 0.15) is 0 Å². The van der Waals surface area contributed by atoms with Crippen LogP contribution in [0.3, 0.4) is 0 Å². The van der Waals surface area contributed by atoms with Crippen LogP contribution in [0.2, 0.25) is 0 Å². The van der Waals surface area contributed by atoms with Crippen molar-refractivity contribution in [2.24, 2.45) is 21.7 Å². The first-order valence-electron chi connectivity index (χ1n) is 14.6. The van der Waals surface area contributed by atoms with Crippen molar-refractivity contribution in [2.45, 2.75) is 131 Å². The minimum absolute atomic E-state index is 0.0252. The minimum atomic E-state index is -1.48. The van der Waals surface area contributed by atoms with Crippen molar-refractivity contribution in [3.05, 3.63) is 0 Å². The normalized spacial score (nSPS) is 31.3. The highest BCUT2D eigenvalue weighted by Gasteiger charge is 2.61. The van der Waals surface area contributed by atoms with Crippen LogP contribution in [0.5, 0.6) is 0 Å². The average Bonchev–Trinajstić information content (AvgIpc) is 2.83. The van der Waals surface area contributed by atoms with Gasteiger partial charge in [0.25, 0.3) is 0 Å². The van der Waals surface area contributed by atoms with E-state index < -0.39 is 57.1 Å². The van der Waals surface area contributed by atoms with E-state index in [1.54, 1.807) is 48.5 Å². The Labute approximate surface area is 238 Å². The van der Waals surface area contributed by atoms with E-state index in [0.717, 1.165) is 0 Å².